The number of aryl methyl sites for hydroxylation is 1. The third-order valence-electron chi connectivity index (χ3n) is 5.24. The number of amides is 1. The Hall–Kier alpha value is -0.980. The summed E-state index contributed by atoms with van der Waals surface area (Å²) in [5.41, 5.74) is 0.518. The number of aromatic nitrogens is 1. The lowest BCUT2D eigenvalue weighted by Crippen LogP contribution is -2.46. The topological polar surface area (TPSA) is 51.7 Å². The predicted octanol–water partition coefficient (Wildman–Crippen LogP) is 2.64. The van der Waals surface area contributed by atoms with Crippen molar-refractivity contribution in [2.75, 3.05) is 26.3 Å². The van der Waals surface area contributed by atoms with Gasteiger partial charge in [-0.05, 0) is 38.5 Å². The predicted molar refractivity (Wildman–Crippen MR) is 87.8 cm³/mol. The number of hydrogen-bond acceptors (Lipinski definition) is 5. The molecular formula is C17H24N2O3S. The Bertz CT molecular complexity index is 576. The monoisotopic (exact) mass is 336 g/mol. The van der Waals surface area contributed by atoms with E-state index in [1.54, 1.807) is 0 Å². The van der Waals surface area contributed by atoms with Crippen LogP contribution in [0.4, 0.5) is 0 Å². The second-order valence-electron chi connectivity index (χ2n) is 7.14. The van der Waals surface area contributed by atoms with Gasteiger partial charge in [-0.25, -0.2) is 4.98 Å². The molecule has 2 saturated heterocycles. The van der Waals surface area contributed by atoms with Crippen LogP contribution in [0.15, 0.2) is 5.38 Å². The zero-order chi connectivity index (χ0) is 15.9. The molecule has 3 heterocycles. The summed E-state index contributed by atoms with van der Waals surface area (Å²) in [4.78, 5) is 18.7. The van der Waals surface area contributed by atoms with Gasteiger partial charge in [0.2, 0.25) is 0 Å². The summed E-state index contributed by atoms with van der Waals surface area (Å²) in [5, 5.41) is 2.80. The lowest BCUT2D eigenvalue weighted by Gasteiger charge is -2.38. The number of hydrogen-bond donors (Lipinski definition) is 0. The van der Waals surface area contributed by atoms with Crippen molar-refractivity contribution in [2.24, 2.45) is 5.92 Å². The number of piperidine rings is 1. The highest BCUT2D eigenvalue weighted by Crippen LogP contribution is 2.38. The fourth-order valence-electron chi connectivity index (χ4n) is 3.56. The van der Waals surface area contributed by atoms with Gasteiger partial charge in [-0.15, -0.1) is 11.3 Å². The molecule has 3 fully saturated rings. The summed E-state index contributed by atoms with van der Waals surface area (Å²) in [7, 11) is 0. The highest BCUT2D eigenvalue weighted by Gasteiger charge is 2.44. The fraction of sp³-hybridized carbons (Fsp3) is 0.765. The first-order valence-corrected chi connectivity index (χ1v) is 9.48. The van der Waals surface area contributed by atoms with Gasteiger partial charge >= 0.3 is 0 Å². The Morgan fingerprint density at radius 2 is 2.26 bits per heavy atom. The molecule has 1 amide bonds. The summed E-state index contributed by atoms with van der Waals surface area (Å²) in [6.45, 7) is 5.06. The zero-order valence-corrected chi connectivity index (χ0v) is 14.4. The third-order valence-corrected chi connectivity index (χ3v) is 6.01. The first kappa shape index (κ1) is 15.5. The highest BCUT2D eigenvalue weighted by atomic mass is 32.1. The largest absolute Gasteiger partial charge is 0.375 e. The molecule has 1 atom stereocenters. The van der Waals surface area contributed by atoms with Gasteiger partial charge in [0.25, 0.3) is 5.91 Å². The van der Waals surface area contributed by atoms with Gasteiger partial charge < -0.3 is 14.4 Å². The molecule has 1 aromatic heterocycles. The van der Waals surface area contributed by atoms with Crippen LogP contribution < -0.4 is 0 Å². The van der Waals surface area contributed by atoms with Crippen LogP contribution in [0.1, 0.15) is 47.6 Å². The van der Waals surface area contributed by atoms with Crippen molar-refractivity contribution in [2.45, 2.75) is 50.7 Å². The van der Waals surface area contributed by atoms with Crippen molar-refractivity contribution in [3.05, 3.63) is 16.1 Å². The normalized spacial score (nSPS) is 26.8. The van der Waals surface area contributed by atoms with Crippen LogP contribution in [0.2, 0.25) is 0 Å². The van der Waals surface area contributed by atoms with Crippen LogP contribution in [0.3, 0.4) is 0 Å². The summed E-state index contributed by atoms with van der Waals surface area (Å²) in [6.07, 6.45) is 5.70. The summed E-state index contributed by atoms with van der Waals surface area (Å²) < 4.78 is 12.1. The summed E-state index contributed by atoms with van der Waals surface area (Å²) >= 11 is 1.53. The van der Waals surface area contributed by atoms with Crippen molar-refractivity contribution >= 4 is 17.2 Å². The summed E-state index contributed by atoms with van der Waals surface area (Å²) in [6, 6.07) is 0. The van der Waals surface area contributed by atoms with E-state index in [2.05, 4.69) is 4.98 Å². The van der Waals surface area contributed by atoms with E-state index in [1.807, 2.05) is 17.2 Å². The molecule has 23 heavy (non-hydrogen) atoms. The van der Waals surface area contributed by atoms with Crippen molar-refractivity contribution in [3.8, 4) is 0 Å². The van der Waals surface area contributed by atoms with Gasteiger partial charge in [-0.2, -0.15) is 0 Å². The Morgan fingerprint density at radius 3 is 2.91 bits per heavy atom. The molecule has 2 aliphatic heterocycles. The Kier molecular flexibility index (Phi) is 4.15. The number of likely N-dealkylation sites (tertiary alicyclic amines) is 1. The average molecular weight is 336 g/mol. The van der Waals surface area contributed by atoms with Crippen LogP contribution in [0.25, 0.3) is 0 Å². The number of ether oxygens (including phenoxy) is 2. The molecule has 0 radical (unpaired) electrons. The number of nitrogens with zero attached hydrogens (tertiary/aromatic N) is 2. The first-order valence-electron chi connectivity index (χ1n) is 8.60. The lowest BCUT2D eigenvalue weighted by atomic mass is 9.88. The minimum absolute atomic E-state index is 0.0590. The van der Waals surface area contributed by atoms with E-state index in [-0.39, 0.29) is 17.6 Å². The number of thiazole rings is 1. The Balaban J connectivity index is 1.29. The standard InChI is InChI=1S/C17H24N2O3S/c1-12-18-15(11-23-12)16(20)19-6-4-17(5-7-19)8-14(10-22-17)21-9-13-2-3-13/h11,13-14H,2-10H2,1H3/t14-/m0/s1. The van der Waals surface area contributed by atoms with E-state index in [0.29, 0.717) is 12.3 Å². The van der Waals surface area contributed by atoms with Crippen molar-refractivity contribution < 1.29 is 14.3 Å². The molecule has 0 N–H and O–H groups in total. The maximum Gasteiger partial charge on any atom is 0.273 e. The van der Waals surface area contributed by atoms with Gasteiger partial charge in [-0.1, -0.05) is 0 Å². The molecule has 0 aromatic carbocycles. The molecular weight excluding hydrogens is 312 g/mol. The van der Waals surface area contributed by atoms with Crippen LogP contribution in [0.5, 0.6) is 0 Å². The van der Waals surface area contributed by atoms with E-state index >= 15 is 0 Å². The lowest BCUT2D eigenvalue weighted by molar-refractivity contribution is -0.0411. The molecule has 3 aliphatic rings. The zero-order valence-electron chi connectivity index (χ0n) is 13.6. The van der Waals surface area contributed by atoms with E-state index in [0.717, 1.165) is 49.9 Å². The molecule has 1 saturated carbocycles. The van der Waals surface area contributed by atoms with Crippen LogP contribution in [-0.4, -0.2) is 53.8 Å². The first-order chi connectivity index (χ1) is 11.1. The average Bonchev–Trinajstić information content (AvgIpc) is 3.17. The molecule has 1 aliphatic carbocycles. The van der Waals surface area contributed by atoms with Gasteiger partial charge in [0.05, 0.1) is 23.3 Å². The van der Waals surface area contributed by atoms with Crippen LogP contribution >= 0.6 is 11.3 Å². The van der Waals surface area contributed by atoms with Gasteiger partial charge in [0.1, 0.15) is 5.69 Å². The molecule has 126 valence electrons. The van der Waals surface area contributed by atoms with Crippen LogP contribution in [0, 0.1) is 12.8 Å². The molecule has 0 unspecified atom stereocenters. The molecule has 6 heteroatoms. The van der Waals surface area contributed by atoms with E-state index in [4.69, 9.17) is 9.47 Å². The van der Waals surface area contributed by atoms with Crippen molar-refractivity contribution in [1.29, 1.82) is 0 Å². The maximum absolute atomic E-state index is 12.5. The fourth-order valence-corrected chi connectivity index (χ4v) is 4.14. The molecule has 5 nitrogen and oxygen atoms in total. The molecule has 0 bridgehead atoms. The molecule has 1 aromatic rings. The van der Waals surface area contributed by atoms with Crippen molar-refractivity contribution in [1.82, 2.24) is 9.88 Å². The van der Waals surface area contributed by atoms with Crippen molar-refractivity contribution in [3.63, 3.8) is 0 Å². The second kappa shape index (κ2) is 6.15. The maximum atomic E-state index is 12.5. The minimum atomic E-state index is -0.0665. The smallest absolute Gasteiger partial charge is 0.273 e. The Labute approximate surface area is 141 Å². The van der Waals surface area contributed by atoms with Gasteiger partial charge in [-0.3, -0.25) is 4.79 Å². The number of carbonyl (C=O) groups excluding carboxylic acids is 1. The minimum Gasteiger partial charge on any atom is -0.375 e. The van der Waals surface area contributed by atoms with Gasteiger partial charge in [0.15, 0.2) is 0 Å². The quantitative estimate of drug-likeness (QED) is 0.848. The summed E-state index contributed by atoms with van der Waals surface area (Å²) in [5.74, 6) is 0.858. The SMILES string of the molecule is Cc1nc(C(=O)N2CCC3(CC2)C[C@H](OCC2CC2)CO3)cs1. The van der Waals surface area contributed by atoms with E-state index < -0.39 is 0 Å². The highest BCUT2D eigenvalue weighted by molar-refractivity contribution is 7.09. The Morgan fingerprint density at radius 1 is 1.48 bits per heavy atom. The van der Waals surface area contributed by atoms with Gasteiger partial charge in [0, 0.05) is 31.5 Å². The molecule has 1 spiro atoms. The van der Waals surface area contributed by atoms with Crippen LogP contribution in [-0.2, 0) is 9.47 Å². The second-order valence-corrected chi connectivity index (χ2v) is 8.20. The number of carbonyl (C=O) groups is 1. The van der Waals surface area contributed by atoms with E-state index in [9.17, 15) is 4.79 Å². The van der Waals surface area contributed by atoms with E-state index in [1.165, 1.54) is 24.2 Å². The molecule has 4 rings (SSSR count). The number of rotatable bonds is 4. The third kappa shape index (κ3) is 3.44.